The molecule has 0 saturated heterocycles. The topological polar surface area (TPSA) is 35.0 Å². The fraction of sp³-hybridized carbons (Fsp3) is 0.379. The van der Waals surface area contributed by atoms with Crippen molar-refractivity contribution in [2.75, 3.05) is 6.61 Å². The summed E-state index contributed by atoms with van der Waals surface area (Å²) in [4.78, 5) is 9.40. The highest BCUT2D eigenvalue weighted by molar-refractivity contribution is 5.81. The van der Waals surface area contributed by atoms with Crippen LogP contribution in [0.5, 0.6) is 0 Å². The SMILES string of the molecule is C=CCc1ccc(-c2ccc3nc(/C=C/CCCC(C)OCCCCC)cnc3c2)cc1. The van der Waals surface area contributed by atoms with Gasteiger partial charge in [0.15, 0.2) is 0 Å². The van der Waals surface area contributed by atoms with E-state index in [0.717, 1.165) is 54.6 Å². The van der Waals surface area contributed by atoms with Crippen molar-refractivity contribution in [3.8, 4) is 11.1 Å². The molecule has 3 nitrogen and oxygen atoms in total. The highest BCUT2D eigenvalue weighted by Gasteiger charge is 2.04. The van der Waals surface area contributed by atoms with Crippen molar-refractivity contribution in [2.24, 2.45) is 0 Å². The van der Waals surface area contributed by atoms with E-state index in [1.54, 1.807) is 0 Å². The second-order valence-electron chi connectivity index (χ2n) is 8.41. The molecule has 1 atom stereocenters. The van der Waals surface area contributed by atoms with Gasteiger partial charge in [0.25, 0.3) is 0 Å². The average Bonchev–Trinajstić information content (AvgIpc) is 2.82. The summed E-state index contributed by atoms with van der Waals surface area (Å²) in [5.74, 6) is 0. The van der Waals surface area contributed by atoms with Crippen LogP contribution in [0.3, 0.4) is 0 Å². The normalized spacial score (nSPS) is 12.4. The van der Waals surface area contributed by atoms with E-state index in [2.05, 4.69) is 80.0 Å². The first-order valence-corrected chi connectivity index (χ1v) is 11.9. The van der Waals surface area contributed by atoms with Crippen LogP contribution in [0.25, 0.3) is 28.2 Å². The van der Waals surface area contributed by atoms with Crippen molar-refractivity contribution in [3.05, 3.63) is 78.6 Å². The third-order valence-electron chi connectivity index (χ3n) is 5.65. The number of fused-ring (bicyclic) bond motifs is 1. The number of aromatic nitrogens is 2. The van der Waals surface area contributed by atoms with Crippen molar-refractivity contribution in [3.63, 3.8) is 0 Å². The zero-order chi connectivity index (χ0) is 22.6. The van der Waals surface area contributed by atoms with Gasteiger partial charge in [0.05, 0.1) is 29.0 Å². The smallest absolute Gasteiger partial charge is 0.0894 e. The number of nitrogens with zero attached hydrogens (tertiary/aromatic N) is 2. The number of hydrogen-bond acceptors (Lipinski definition) is 3. The summed E-state index contributed by atoms with van der Waals surface area (Å²) in [6, 6.07) is 14.9. The lowest BCUT2D eigenvalue weighted by molar-refractivity contribution is 0.0566. The lowest BCUT2D eigenvalue weighted by Crippen LogP contribution is -2.08. The van der Waals surface area contributed by atoms with Crippen molar-refractivity contribution >= 4 is 17.1 Å². The van der Waals surface area contributed by atoms with Crippen LogP contribution >= 0.6 is 0 Å². The molecule has 0 amide bonds. The number of unbranched alkanes of at least 4 members (excludes halogenated alkanes) is 3. The first-order chi connectivity index (χ1) is 15.7. The maximum Gasteiger partial charge on any atom is 0.0894 e. The molecule has 0 radical (unpaired) electrons. The Morgan fingerprint density at radius 2 is 1.81 bits per heavy atom. The van der Waals surface area contributed by atoms with Gasteiger partial charge in [-0.25, -0.2) is 4.98 Å². The van der Waals surface area contributed by atoms with Crippen LogP contribution in [0.4, 0.5) is 0 Å². The van der Waals surface area contributed by atoms with Gasteiger partial charge in [-0.05, 0) is 73.9 Å². The zero-order valence-corrected chi connectivity index (χ0v) is 19.6. The van der Waals surface area contributed by atoms with Gasteiger partial charge >= 0.3 is 0 Å². The summed E-state index contributed by atoms with van der Waals surface area (Å²) in [7, 11) is 0. The first kappa shape index (κ1) is 23.9. The number of ether oxygens (including phenoxy) is 1. The molecule has 1 aromatic heterocycles. The summed E-state index contributed by atoms with van der Waals surface area (Å²) in [5, 5.41) is 0. The van der Waals surface area contributed by atoms with E-state index in [1.807, 2.05) is 12.3 Å². The highest BCUT2D eigenvalue weighted by atomic mass is 16.5. The van der Waals surface area contributed by atoms with Gasteiger partial charge in [0.2, 0.25) is 0 Å². The zero-order valence-electron chi connectivity index (χ0n) is 19.6. The fourth-order valence-electron chi connectivity index (χ4n) is 3.73. The maximum atomic E-state index is 5.86. The van der Waals surface area contributed by atoms with Gasteiger partial charge in [0.1, 0.15) is 0 Å². The Morgan fingerprint density at radius 3 is 2.59 bits per heavy atom. The molecule has 168 valence electrons. The molecular weight excluding hydrogens is 392 g/mol. The van der Waals surface area contributed by atoms with Crippen LogP contribution in [-0.4, -0.2) is 22.7 Å². The Hall–Kier alpha value is -2.78. The second-order valence-corrected chi connectivity index (χ2v) is 8.41. The van der Waals surface area contributed by atoms with Gasteiger partial charge in [-0.1, -0.05) is 62.2 Å². The minimum atomic E-state index is 0.341. The molecular formula is C29H36N2O. The molecule has 0 aliphatic rings. The highest BCUT2D eigenvalue weighted by Crippen LogP contribution is 2.23. The van der Waals surface area contributed by atoms with E-state index in [9.17, 15) is 0 Å². The minimum absolute atomic E-state index is 0.341. The number of benzene rings is 2. The summed E-state index contributed by atoms with van der Waals surface area (Å²) in [6.07, 6.45) is 16.2. The minimum Gasteiger partial charge on any atom is -0.379 e. The van der Waals surface area contributed by atoms with E-state index in [4.69, 9.17) is 9.72 Å². The molecule has 0 aliphatic heterocycles. The molecule has 3 aromatic rings. The Balaban J connectivity index is 1.52. The number of rotatable bonds is 13. The lowest BCUT2D eigenvalue weighted by atomic mass is 10.0. The molecule has 1 unspecified atom stereocenters. The number of allylic oxidation sites excluding steroid dienone is 2. The van der Waals surface area contributed by atoms with Crippen LogP contribution in [-0.2, 0) is 11.2 Å². The molecule has 0 spiro atoms. The Morgan fingerprint density at radius 1 is 1.00 bits per heavy atom. The molecule has 2 aromatic carbocycles. The average molecular weight is 429 g/mol. The second kappa shape index (κ2) is 12.9. The molecule has 1 heterocycles. The van der Waals surface area contributed by atoms with Gasteiger partial charge in [-0.2, -0.15) is 0 Å². The fourth-order valence-corrected chi connectivity index (χ4v) is 3.73. The molecule has 32 heavy (non-hydrogen) atoms. The van der Waals surface area contributed by atoms with E-state index in [-0.39, 0.29) is 0 Å². The Labute approximate surface area is 193 Å². The monoisotopic (exact) mass is 428 g/mol. The largest absolute Gasteiger partial charge is 0.379 e. The van der Waals surface area contributed by atoms with Crippen molar-refractivity contribution < 1.29 is 4.74 Å². The summed E-state index contributed by atoms with van der Waals surface area (Å²) < 4.78 is 5.86. The third-order valence-corrected chi connectivity index (χ3v) is 5.65. The standard InChI is InChI=1S/C29H36N2O/c1-4-6-10-20-32-23(3)12-8-7-9-13-27-22-30-29-21-26(18-19-28(29)31-27)25-16-14-24(11-5-2)15-17-25/h5,9,13-19,21-23H,2,4,6-8,10-12,20H2,1,3H3/b13-9+. The van der Waals surface area contributed by atoms with Crippen molar-refractivity contribution in [1.82, 2.24) is 9.97 Å². The predicted octanol–water partition coefficient (Wildman–Crippen LogP) is 7.80. The van der Waals surface area contributed by atoms with Gasteiger partial charge < -0.3 is 4.74 Å². The van der Waals surface area contributed by atoms with E-state index in [1.165, 1.54) is 30.4 Å². The molecule has 0 saturated carbocycles. The Bertz CT molecular complexity index is 1010. The van der Waals surface area contributed by atoms with Crippen molar-refractivity contribution in [1.29, 1.82) is 0 Å². The van der Waals surface area contributed by atoms with Gasteiger partial charge in [-0.3, -0.25) is 4.98 Å². The third kappa shape index (κ3) is 7.42. The van der Waals surface area contributed by atoms with E-state index >= 15 is 0 Å². The van der Waals surface area contributed by atoms with Gasteiger partial charge in [0, 0.05) is 6.61 Å². The summed E-state index contributed by atoms with van der Waals surface area (Å²) >= 11 is 0. The van der Waals surface area contributed by atoms with E-state index in [0.29, 0.717) is 6.10 Å². The predicted molar refractivity (Wildman–Crippen MR) is 137 cm³/mol. The summed E-state index contributed by atoms with van der Waals surface area (Å²) in [6.45, 7) is 9.09. The van der Waals surface area contributed by atoms with Crippen LogP contribution < -0.4 is 0 Å². The molecule has 3 heteroatoms. The first-order valence-electron chi connectivity index (χ1n) is 11.9. The summed E-state index contributed by atoms with van der Waals surface area (Å²) in [5.41, 5.74) is 6.37. The van der Waals surface area contributed by atoms with Crippen LogP contribution in [0.15, 0.2) is 67.4 Å². The van der Waals surface area contributed by atoms with Crippen LogP contribution in [0, 0.1) is 0 Å². The maximum absolute atomic E-state index is 5.86. The Kier molecular flexibility index (Phi) is 9.64. The van der Waals surface area contributed by atoms with E-state index < -0.39 is 0 Å². The molecule has 3 rings (SSSR count). The molecule has 0 N–H and O–H groups in total. The van der Waals surface area contributed by atoms with Crippen LogP contribution in [0.1, 0.15) is 63.6 Å². The van der Waals surface area contributed by atoms with Crippen molar-refractivity contribution in [2.45, 2.75) is 64.9 Å². The number of hydrogen-bond donors (Lipinski definition) is 0. The van der Waals surface area contributed by atoms with Crippen LogP contribution in [0.2, 0.25) is 0 Å². The molecule has 0 fully saturated rings. The van der Waals surface area contributed by atoms with Gasteiger partial charge in [-0.15, -0.1) is 6.58 Å². The quantitative estimate of drug-likeness (QED) is 0.206. The lowest BCUT2D eigenvalue weighted by Gasteiger charge is -2.11. The molecule has 0 aliphatic carbocycles. The molecule has 0 bridgehead atoms.